The van der Waals surface area contributed by atoms with E-state index >= 15 is 0 Å². The van der Waals surface area contributed by atoms with Crippen molar-refractivity contribution in [1.82, 2.24) is 0 Å². The van der Waals surface area contributed by atoms with Gasteiger partial charge in [0.25, 0.3) is 0 Å². The molecule has 19 heavy (non-hydrogen) atoms. The first-order valence-corrected chi connectivity index (χ1v) is 7.46. The fourth-order valence-electron chi connectivity index (χ4n) is 2.70. The van der Waals surface area contributed by atoms with E-state index in [4.69, 9.17) is 4.74 Å². The molecule has 0 aliphatic heterocycles. The van der Waals surface area contributed by atoms with Gasteiger partial charge >= 0.3 is 0 Å². The Morgan fingerprint density at radius 3 is 2.53 bits per heavy atom. The summed E-state index contributed by atoms with van der Waals surface area (Å²) in [4.78, 5) is 0. The quantitative estimate of drug-likeness (QED) is 0.881. The third-order valence-electron chi connectivity index (χ3n) is 4.16. The first-order chi connectivity index (χ1) is 9.00. The van der Waals surface area contributed by atoms with Crippen LogP contribution in [0.2, 0.25) is 0 Å². The van der Waals surface area contributed by atoms with Crippen molar-refractivity contribution in [1.29, 1.82) is 0 Å². The SMILES string of the molecule is Cc1ccc(C(C)C)cc1OCC1(O)CCCCC1. The Kier molecular flexibility index (Phi) is 4.51. The predicted molar refractivity (Wildman–Crippen MR) is 78.8 cm³/mol. The molecular formula is C17H26O2. The van der Waals surface area contributed by atoms with Crippen molar-refractivity contribution in [2.75, 3.05) is 6.61 Å². The number of aryl methyl sites for hydroxylation is 1. The lowest BCUT2D eigenvalue weighted by Gasteiger charge is -2.32. The highest BCUT2D eigenvalue weighted by atomic mass is 16.5. The first kappa shape index (κ1) is 14.4. The Balaban J connectivity index is 2.04. The van der Waals surface area contributed by atoms with Crippen LogP contribution in [0.15, 0.2) is 18.2 Å². The van der Waals surface area contributed by atoms with E-state index in [0.717, 1.165) is 37.0 Å². The van der Waals surface area contributed by atoms with Crippen molar-refractivity contribution in [3.63, 3.8) is 0 Å². The van der Waals surface area contributed by atoms with Gasteiger partial charge in [-0.2, -0.15) is 0 Å². The summed E-state index contributed by atoms with van der Waals surface area (Å²) in [6.07, 6.45) is 5.21. The minimum Gasteiger partial charge on any atom is -0.490 e. The maximum Gasteiger partial charge on any atom is 0.122 e. The summed E-state index contributed by atoms with van der Waals surface area (Å²) in [5.41, 5.74) is 1.82. The summed E-state index contributed by atoms with van der Waals surface area (Å²) < 4.78 is 5.92. The van der Waals surface area contributed by atoms with Crippen LogP contribution in [-0.2, 0) is 0 Å². The van der Waals surface area contributed by atoms with Gasteiger partial charge in [-0.05, 0) is 42.9 Å². The van der Waals surface area contributed by atoms with Crippen LogP contribution in [-0.4, -0.2) is 17.3 Å². The lowest BCUT2D eigenvalue weighted by atomic mass is 9.85. The second kappa shape index (κ2) is 5.96. The van der Waals surface area contributed by atoms with Gasteiger partial charge in [0, 0.05) is 0 Å². The molecular weight excluding hydrogens is 236 g/mol. The van der Waals surface area contributed by atoms with E-state index in [0.29, 0.717) is 12.5 Å². The molecule has 1 fully saturated rings. The molecule has 0 spiro atoms. The van der Waals surface area contributed by atoms with Crippen LogP contribution in [0.3, 0.4) is 0 Å². The van der Waals surface area contributed by atoms with Crippen LogP contribution < -0.4 is 4.74 Å². The maximum absolute atomic E-state index is 10.5. The van der Waals surface area contributed by atoms with Gasteiger partial charge in [-0.25, -0.2) is 0 Å². The zero-order valence-electron chi connectivity index (χ0n) is 12.4. The summed E-state index contributed by atoms with van der Waals surface area (Å²) in [5, 5.41) is 10.5. The van der Waals surface area contributed by atoms with Crippen molar-refractivity contribution in [2.45, 2.75) is 64.4 Å². The number of hydrogen-bond donors (Lipinski definition) is 1. The van der Waals surface area contributed by atoms with Gasteiger partial charge < -0.3 is 9.84 Å². The van der Waals surface area contributed by atoms with Crippen LogP contribution >= 0.6 is 0 Å². The average Bonchev–Trinajstić information content (AvgIpc) is 2.38. The molecule has 0 atom stereocenters. The minimum atomic E-state index is -0.613. The molecule has 106 valence electrons. The summed E-state index contributed by atoms with van der Waals surface area (Å²) in [6, 6.07) is 6.38. The van der Waals surface area contributed by atoms with Crippen LogP contribution in [0, 0.1) is 6.92 Å². The molecule has 0 saturated heterocycles. The fourth-order valence-corrected chi connectivity index (χ4v) is 2.70. The zero-order valence-corrected chi connectivity index (χ0v) is 12.4. The maximum atomic E-state index is 10.5. The molecule has 2 nitrogen and oxygen atoms in total. The van der Waals surface area contributed by atoms with Crippen molar-refractivity contribution in [3.05, 3.63) is 29.3 Å². The molecule has 2 rings (SSSR count). The molecule has 0 unspecified atom stereocenters. The van der Waals surface area contributed by atoms with Gasteiger partial charge in [0.05, 0.1) is 5.60 Å². The van der Waals surface area contributed by atoms with E-state index in [1.807, 2.05) is 0 Å². The van der Waals surface area contributed by atoms with E-state index in [1.54, 1.807) is 0 Å². The molecule has 1 aromatic carbocycles. The van der Waals surface area contributed by atoms with E-state index in [2.05, 4.69) is 39.0 Å². The highest BCUT2D eigenvalue weighted by molar-refractivity contribution is 5.37. The van der Waals surface area contributed by atoms with Crippen molar-refractivity contribution >= 4 is 0 Å². The molecule has 0 amide bonds. The standard InChI is InChI=1S/C17H26O2/c1-13(2)15-8-7-14(3)16(11-15)19-12-17(18)9-5-4-6-10-17/h7-8,11,13,18H,4-6,9-10,12H2,1-3H3. The number of ether oxygens (including phenoxy) is 1. The molecule has 1 N–H and O–H groups in total. The van der Waals surface area contributed by atoms with Gasteiger partial charge in [0.1, 0.15) is 12.4 Å². The van der Waals surface area contributed by atoms with Crippen LogP contribution in [0.5, 0.6) is 5.75 Å². The molecule has 1 saturated carbocycles. The summed E-state index contributed by atoms with van der Waals surface area (Å²) in [6.45, 7) is 6.85. The van der Waals surface area contributed by atoms with Crippen LogP contribution in [0.1, 0.15) is 63.0 Å². The Hall–Kier alpha value is -1.02. The van der Waals surface area contributed by atoms with Crippen LogP contribution in [0.25, 0.3) is 0 Å². The summed E-state index contributed by atoms with van der Waals surface area (Å²) in [5.74, 6) is 1.42. The number of hydrogen-bond acceptors (Lipinski definition) is 2. The Bertz CT molecular complexity index is 417. The number of aliphatic hydroxyl groups is 1. The molecule has 1 aromatic rings. The summed E-state index contributed by atoms with van der Waals surface area (Å²) in [7, 11) is 0. The smallest absolute Gasteiger partial charge is 0.122 e. The molecule has 0 bridgehead atoms. The molecule has 0 radical (unpaired) electrons. The lowest BCUT2D eigenvalue weighted by molar-refractivity contribution is -0.0340. The topological polar surface area (TPSA) is 29.5 Å². The molecule has 0 aromatic heterocycles. The van der Waals surface area contributed by atoms with E-state index in [-0.39, 0.29) is 0 Å². The average molecular weight is 262 g/mol. The normalized spacial score (nSPS) is 18.6. The van der Waals surface area contributed by atoms with Gasteiger partial charge in [-0.3, -0.25) is 0 Å². The van der Waals surface area contributed by atoms with Gasteiger partial charge in [-0.15, -0.1) is 0 Å². The zero-order chi connectivity index (χ0) is 13.9. The second-order valence-electron chi connectivity index (χ2n) is 6.25. The Labute approximate surface area is 116 Å². The molecule has 1 aliphatic carbocycles. The third kappa shape index (κ3) is 3.73. The Morgan fingerprint density at radius 1 is 1.21 bits per heavy atom. The highest BCUT2D eigenvalue weighted by Gasteiger charge is 2.30. The predicted octanol–water partition coefficient (Wildman–Crippen LogP) is 4.19. The van der Waals surface area contributed by atoms with Gasteiger partial charge in [-0.1, -0.05) is 45.2 Å². The fraction of sp³-hybridized carbons (Fsp3) is 0.647. The number of benzene rings is 1. The minimum absolute atomic E-state index is 0.426. The van der Waals surface area contributed by atoms with Crippen molar-refractivity contribution < 1.29 is 9.84 Å². The van der Waals surface area contributed by atoms with Crippen LogP contribution in [0.4, 0.5) is 0 Å². The monoisotopic (exact) mass is 262 g/mol. The molecule has 2 heteroatoms. The van der Waals surface area contributed by atoms with Gasteiger partial charge in [0.15, 0.2) is 0 Å². The first-order valence-electron chi connectivity index (χ1n) is 7.46. The van der Waals surface area contributed by atoms with E-state index in [9.17, 15) is 5.11 Å². The third-order valence-corrected chi connectivity index (χ3v) is 4.16. The van der Waals surface area contributed by atoms with Gasteiger partial charge in [0.2, 0.25) is 0 Å². The Morgan fingerprint density at radius 2 is 1.89 bits per heavy atom. The largest absolute Gasteiger partial charge is 0.490 e. The van der Waals surface area contributed by atoms with Crippen molar-refractivity contribution in [3.8, 4) is 5.75 Å². The molecule has 1 aliphatic rings. The highest BCUT2D eigenvalue weighted by Crippen LogP contribution is 2.30. The summed E-state index contributed by atoms with van der Waals surface area (Å²) >= 11 is 0. The van der Waals surface area contributed by atoms with E-state index < -0.39 is 5.60 Å². The van der Waals surface area contributed by atoms with E-state index in [1.165, 1.54) is 12.0 Å². The second-order valence-corrected chi connectivity index (χ2v) is 6.25. The lowest BCUT2D eigenvalue weighted by Crippen LogP contribution is -2.38. The van der Waals surface area contributed by atoms with Crippen molar-refractivity contribution in [2.24, 2.45) is 0 Å². The molecule has 0 heterocycles. The number of rotatable bonds is 4.